The second-order valence-electron chi connectivity index (χ2n) is 4.68. The maximum absolute atomic E-state index is 13.8. The average Bonchev–Trinajstić information content (AvgIpc) is 2.26. The number of hydrogen-bond donors (Lipinski definition) is 1. The highest BCUT2D eigenvalue weighted by Crippen LogP contribution is 2.31. The zero-order valence-corrected chi connectivity index (χ0v) is 9.69. The van der Waals surface area contributed by atoms with Crippen LogP contribution in [0.3, 0.4) is 0 Å². The van der Waals surface area contributed by atoms with E-state index in [0.29, 0.717) is 17.2 Å². The van der Waals surface area contributed by atoms with Crippen LogP contribution in [0.1, 0.15) is 36.8 Å². The van der Waals surface area contributed by atoms with Crippen LogP contribution in [0.5, 0.6) is 0 Å². The summed E-state index contributed by atoms with van der Waals surface area (Å²) in [7, 11) is 0. The number of hydrogen-bond acceptors (Lipinski definition) is 1. The lowest BCUT2D eigenvalue weighted by Crippen LogP contribution is -2.35. The smallest absolute Gasteiger partial charge is 0.162 e. The number of aryl methyl sites for hydroxylation is 1. The molecule has 0 spiro atoms. The topological polar surface area (TPSA) is 12.0 Å². The van der Waals surface area contributed by atoms with Crippen molar-refractivity contribution in [2.24, 2.45) is 0 Å². The van der Waals surface area contributed by atoms with Gasteiger partial charge in [0.1, 0.15) is 0 Å². The van der Waals surface area contributed by atoms with Gasteiger partial charge in [-0.3, -0.25) is 0 Å². The molecule has 0 radical (unpaired) electrons. The minimum Gasteiger partial charge on any atom is -0.314 e. The van der Waals surface area contributed by atoms with Crippen molar-refractivity contribution >= 4 is 0 Å². The first-order valence-electron chi connectivity index (χ1n) is 5.77. The van der Waals surface area contributed by atoms with Gasteiger partial charge in [-0.15, -0.1) is 0 Å². The Balaban J connectivity index is 2.29. The Morgan fingerprint density at radius 1 is 1.25 bits per heavy atom. The monoisotopic (exact) mass is 225 g/mol. The van der Waals surface area contributed by atoms with E-state index in [0.717, 1.165) is 19.4 Å². The van der Waals surface area contributed by atoms with Crippen LogP contribution in [0.15, 0.2) is 12.1 Å². The molecule has 0 saturated carbocycles. The summed E-state index contributed by atoms with van der Waals surface area (Å²) in [5.41, 5.74) is 0.916. The number of piperidine rings is 1. The molecular formula is C13H17F2N. The summed E-state index contributed by atoms with van der Waals surface area (Å²) in [5, 5.41) is 3.31. The number of rotatable bonds is 1. The Bertz CT molecular complexity index is 390. The highest BCUT2D eigenvalue weighted by atomic mass is 19.2. The Labute approximate surface area is 94.9 Å². The fraction of sp³-hybridized carbons (Fsp3) is 0.538. The first kappa shape index (κ1) is 11.5. The first-order chi connectivity index (χ1) is 7.59. The van der Waals surface area contributed by atoms with E-state index in [2.05, 4.69) is 12.2 Å². The van der Waals surface area contributed by atoms with E-state index >= 15 is 0 Å². The molecule has 1 aliphatic heterocycles. The summed E-state index contributed by atoms with van der Waals surface area (Å²) in [6.07, 6.45) is 1.75. The molecule has 0 aromatic heterocycles. The zero-order valence-electron chi connectivity index (χ0n) is 9.69. The lowest BCUT2D eigenvalue weighted by atomic mass is 9.86. The molecule has 0 bridgehead atoms. The van der Waals surface area contributed by atoms with Gasteiger partial charge in [0.15, 0.2) is 11.6 Å². The number of benzene rings is 1. The van der Waals surface area contributed by atoms with Gasteiger partial charge in [-0.25, -0.2) is 8.78 Å². The van der Waals surface area contributed by atoms with E-state index in [1.54, 1.807) is 19.1 Å². The Morgan fingerprint density at radius 2 is 2.00 bits per heavy atom. The van der Waals surface area contributed by atoms with Crippen LogP contribution in [0.25, 0.3) is 0 Å². The third-order valence-corrected chi connectivity index (χ3v) is 3.37. The van der Waals surface area contributed by atoms with Crippen molar-refractivity contribution in [2.45, 2.75) is 38.6 Å². The van der Waals surface area contributed by atoms with E-state index in [1.807, 2.05) is 0 Å². The highest BCUT2D eigenvalue weighted by molar-refractivity contribution is 5.28. The van der Waals surface area contributed by atoms with Crippen LogP contribution in [0.2, 0.25) is 0 Å². The van der Waals surface area contributed by atoms with Crippen molar-refractivity contribution in [2.75, 3.05) is 6.54 Å². The molecular weight excluding hydrogens is 208 g/mol. The highest BCUT2D eigenvalue weighted by Gasteiger charge is 2.24. The van der Waals surface area contributed by atoms with Crippen molar-refractivity contribution in [3.8, 4) is 0 Å². The van der Waals surface area contributed by atoms with Crippen LogP contribution >= 0.6 is 0 Å². The van der Waals surface area contributed by atoms with Crippen molar-refractivity contribution in [3.63, 3.8) is 0 Å². The van der Waals surface area contributed by atoms with Crippen LogP contribution in [-0.2, 0) is 0 Å². The summed E-state index contributed by atoms with van der Waals surface area (Å²) in [4.78, 5) is 0. The van der Waals surface area contributed by atoms with Crippen molar-refractivity contribution in [1.82, 2.24) is 5.32 Å². The van der Waals surface area contributed by atoms with Crippen molar-refractivity contribution in [3.05, 3.63) is 34.9 Å². The van der Waals surface area contributed by atoms with Gasteiger partial charge in [-0.2, -0.15) is 0 Å². The Hall–Kier alpha value is -0.960. The molecule has 1 N–H and O–H groups in total. The van der Waals surface area contributed by atoms with Crippen LogP contribution in [-0.4, -0.2) is 12.6 Å². The molecule has 1 aromatic rings. The molecule has 2 atom stereocenters. The number of nitrogens with one attached hydrogen (secondary N) is 1. The minimum absolute atomic E-state index is 0.145. The Kier molecular flexibility index (Phi) is 3.24. The SMILES string of the molecule is Cc1ccc(C2CCNC(C)C2)c(F)c1F. The van der Waals surface area contributed by atoms with Crippen molar-refractivity contribution in [1.29, 1.82) is 0 Å². The molecule has 1 fully saturated rings. The largest absolute Gasteiger partial charge is 0.314 e. The molecule has 1 heterocycles. The summed E-state index contributed by atoms with van der Waals surface area (Å²) >= 11 is 0. The molecule has 16 heavy (non-hydrogen) atoms. The lowest BCUT2D eigenvalue weighted by Gasteiger charge is -2.28. The standard InChI is InChI=1S/C13H17F2N/c1-8-3-4-11(13(15)12(8)14)10-5-6-16-9(2)7-10/h3-4,9-10,16H,5-7H2,1-2H3. The second-order valence-corrected chi connectivity index (χ2v) is 4.68. The van der Waals surface area contributed by atoms with E-state index < -0.39 is 11.6 Å². The van der Waals surface area contributed by atoms with E-state index in [-0.39, 0.29) is 5.92 Å². The second kappa shape index (κ2) is 4.50. The third kappa shape index (κ3) is 2.09. The molecule has 0 amide bonds. The molecule has 3 heteroatoms. The Morgan fingerprint density at radius 3 is 2.69 bits per heavy atom. The summed E-state index contributed by atoms with van der Waals surface area (Å²) in [6.45, 7) is 4.54. The van der Waals surface area contributed by atoms with Gasteiger partial charge in [0, 0.05) is 6.04 Å². The third-order valence-electron chi connectivity index (χ3n) is 3.37. The fourth-order valence-electron chi connectivity index (χ4n) is 2.39. The van der Waals surface area contributed by atoms with Crippen LogP contribution in [0, 0.1) is 18.6 Å². The molecule has 1 nitrogen and oxygen atoms in total. The molecule has 0 aliphatic carbocycles. The molecule has 2 rings (SSSR count). The van der Waals surface area contributed by atoms with Gasteiger partial charge < -0.3 is 5.32 Å². The first-order valence-corrected chi connectivity index (χ1v) is 5.77. The minimum atomic E-state index is -0.691. The van der Waals surface area contributed by atoms with Gasteiger partial charge in [0.05, 0.1) is 0 Å². The van der Waals surface area contributed by atoms with E-state index in [9.17, 15) is 8.78 Å². The lowest BCUT2D eigenvalue weighted by molar-refractivity contribution is 0.368. The summed E-state index contributed by atoms with van der Waals surface area (Å²) in [5.74, 6) is -1.20. The molecule has 1 aliphatic rings. The molecule has 2 unspecified atom stereocenters. The summed E-state index contributed by atoms with van der Waals surface area (Å²) < 4.78 is 27.2. The predicted molar refractivity (Wildman–Crippen MR) is 60.5 cm³/mol. The van der Waals surface area contributed by atoms with Gasteiger partial charge >= 0.3 is 0 Å². The predicted octanol–water partition coefficient (Wildman–Crippen LogP) is 3.13. The van der Waals surface area contributed by atoms with E-state index in [1.165, 1.54) is 0 Å². The average molecular weight is 225 g/mol. The van der Waals surface area contributed by atoms with Gasteiger partial charge in [0.25, 0.3) is 0 Å². The van der Waals surface area contributed by atoms with Gasteiger partial charge in [0.2, 0.25) is 0 Å². The van der Waals surface area contributed by atoms with Crippen LogP contribution in [0.4, 0.5) is 8.78 Å². The fourth-order valence-corrected chi connectivity index (χ4v) is 2.39. The normalized spacial score (nSPS) is 25.8. The quantitative estimate of drug-likeness (QED) is 0.774. The summed E-state index contributed by atoms with van der Waals surface area (Å²) in [6, 6.07) is 3.78. The van der Waals surface area contributed by atoms with Crippen LogP contribution < -0.4 is 5.32 Å². The molecule has 88 valence electrons. The van der Waals surface area contributed by atoms with Crippen molar-refractivity contribution < 1.29 is 8.78 Å². The van der Waals surface area contributed by atoms with E-state index in [4.69, 9.17) is 0 Å². The molecule has 1 saturated heterocycles. The maximum atomic E-state index is 13.8. The van der Waals surface area contributed by atoms with Gasteiger partial charge in [-0.05, 0) is 50.3 Å². The number of halogens is 2. The van der Waals surface area contributed by atoms with Gasteiger partial charge in [-0.1, -0.05) is 12.1 Å². The zero-order chi connectivity index (χ0) is 11.7. The maximum Gasteiger partial charge on any atom is 0.162 e. The molecule has 1 aromatic carbocycles.